The zero-order valence-electron chi connectivity index (χ0n) is 12.4. The predicted molar refractivity (Wildman–Crippen MR) is 84.4 cm³/mol. The molecule has 0 radical (unpaired) electrons. The van der Waals surface area contributed by atoms with E-state index in [1.165, 1.54) is 0 Å². The van der Waals surface area contributed by atoms with E-state index in [0.29, 0.717) is 11.6 Å². The van der Waals surface area contributed by atoms with Crippen molar-refractivity contribution in [2.24, 2.45) is 12.8 Å². The number of benzene rings is 1. The number of nitrogens with two attached hydrogens (primary N) is 1. The molecule has 108 valence electrons. The first-order valence-electron chi connectivity index (χ1n) is 6.61. The highest BCUT2D eigenvalue weighted by atomic mass is 35.5. The lowest BCUT2D eigenvalue weighted by Crippen LogP contribution is -2.15. The molecule has 0 aliphatic rings. The van der Waals surface area contributed by atoms with Crippen molar-refractivity contribution in [3.8, 4) is 0 Å². The van der Waals surface area contributed by atoms with Crippen LogP contribution in [0.15, 0.2) is 24.3 Å². The molecular weight excluding hydrogens is 272 g/mol. The smallest absolute Gasteiger partial charge is 0.130 e. The number of nitrogens with zero attached hydrogens (tertiary/aromatic N) is 3. The largest absolute Gasteiger partial charge is 0.378 e. The molecule has 5 heteroatoms. The number of rotatable bonds is 4. The van der Waals surface area contributed by atoms with E-state index in [4.69, 9.17) is 17.3 Å². The highest BCUT2D eigenvalue weighted by Gasteiger charge is 2.16. The molecule has 1 atom stereocenters. The van der Waals surface area contributed by atoms with Gasteiger partial charge in [0.1, 0.15) is 5.15 Å². The number of halogens is 1. The van der Waals surface area contributed by atoms with Crippen LogP contribution in [-0.4, -0.2) is 23.9 Å². The Morgan fingerprint density at radius 2 is 2.10 bits per heavy atom. The first-order valence-corrected chi connectivity index (χ1v) is 6.98. The second kappa shape index (κ2) is 5.85. The average Bonchev–Trinajstić information content (AvgIpc) is 2.65. The molecular formula is C15H21ClN4. The summed E-state index contributed by atoms with van der Waals surface area (Å²) in [6, 6.07) is 8.18. The van der Waals surface area contributed by atoms with E-state index in [2.05, 4.69) is 28.2 Å². The van der Waals surface area contributed by atoms with Crippen LogP contribution in [0.4, 0.5) is 5.69 Å². The van der Waals surface area contributed by atoms with Crippen LogP contribution in [0.25, 0.3) is 0 Å². The fourth-order valence-corrected chi connectivity index (χ4v) is 2.53. The van der Waals surface area contributed by atoms with Crippen molar-refractivity contribution in [2.75, 3.05) is 19.0 Å². The average molecular weight is 293 g/mol. The van der Waals surface area contributed by atoms with E-state index in [-0.39, 0.29) is 6.04 Å². The van der Waals surface area contributed by atoms with Gasteiger partial charge >= 0.3 is 0 Å². The van der Waals surface area contributed by atoms with E-state index in [0.717, 1.165) is 22.5 Å². The summed E-state index contributed by atoms with van der Waals surface area (Å²) in [6.07, 6.45) is 0.690. The minimum absolute atomic E-state index is 0.0877. The summed E-state index contributed by atoms with van der Waals surface area (Å²) in [5.74, 6) is 0. The lowest BCUT2D eigenvalue weighted by atomic mass is 9.99. The quantitative estimate of drug-likeness (QED) is 0.942. The summed E-state index contributed by atoms with van der Waals surface area (Å²) in [7, 11) is 5.89. The first-order chi connectivity index (χ1) is 9.40. The minimum atomic E-state index is -0.0877. The van der Waals surface area contributed by atoms with E-state index in [1.54, 1.807) is 4.68 Å². The molecule has 1 heterocycles. The SMILES string of the molecule is Cc1nn(C)c(Cl)c1CC(N)c1cccc(N(C)C)c1. The van der Waals surface area contributed by atoms with Crippen LogP contribution in [0.2, 0.25) is 5.15 Å². The lowest BCUT2D eigenvalue weighted by Gasteiger charge is -2.17. The monoisotopic (exact) mass is 292 g/mol. The third-order valence-electron chi connectivity index (χ3n) is 3.51. The summed E-state index contributed by atoms with van der Waals surface area (Å²) in [6.45, 7) is 1.96. The van der Waals surface area contributed by atoms with Crippen LogP contribution in [-0.2, 0) is 13.5 Å². The van der Waals surface area contributed by atoms with E-state index < -0.39 is 0 Å². The summed E-state index contributed by atoms with van der Waals surface area (Å²) in [5, 5.41) is 4.99. The molecule has 4 nitrogen and oxygen atoms in total. The summed E-state index contributed by atoms with van der Waals surface area (Å²) in [4.78, 5) is 2.07. The molecule has 0 saturated heterocycles. The van der Waals surface area contributed by atoms with Gasteiger partial charge < -0.3 is 10.6 Å². The van der Waals surface area contributed by atoms with Crippen molar-refractivity contribution in [1.29, 1.82) is 0 Å². The van der Waals surface area contributed by atoms with Gasteiger partial charge in [0, 0.05) is 38.4 Å². The topological polar surface area (TPSA) is 47.1 Å². The van der Waals surface area contributed by atoms with Gasteiger partial charge in [-0.15, -0.1) is 0 Å². The van der Waals surface area contributed by atoms with E-state index >= 15 is 0 Å². The Labute approximate surface area is 125 Å². The molecule has 0 aliphatic heterocycles. The zero-order chi connectivity index (χ0) is 14.9. The molecule has 1 aromatic carbocycles. The molecule has 0 bridgehead atoms. The van der Waals surface area contributed by atoms with Gasteiger partial charge in [-0.05, 0) is 31.0 Å². The molecule has 0 fully saturated rings. The van der Waals surface area contributed by atoms with Gasteiger partial charge in [-0.25, -0.2) is 0 Å². The standard InChI is InChI=1S/C15H21ClN4/c1-10-13(15(16)20(4)18-10)9-14(17)11-6-5-7-12(8-11)19(2)3/h5-8,14H,9,17H2,1-4H3. The van der Waals surface area contributed by atoms with Gasteiger partial charge in [0.15, 0.2) is 0 Å². The molecule has 0 spiro atoms. The number of aryl methyl sites for hydroxylation is 2. The van der Waals surface area contributed by atoms with Crippen molar-refractivity contribution >= 4 is 17.3 Å². The van der Waals surface area contributed by atoms with Crippen molar-refractivity contribution in [3.63, 3.8) is 0 Å². The van der Waals surface area contributed by atoms with Crippen LogP contribution < -0.4 is 10.6 Å². The highest BCUT2D eigenvalue weighted by Crippen LogP contribution is 2.26. The Morgan fingerprint density at radius 1 is 1.40 bits per heavy atom. The van der Waals surface area contributed by atoms with Crippen LogP contribution in [0, 0.1) is 6.92 Å². The number of hydrogen-bond donors (Lipinski definition) is 1. The second-order valence-corrected chi connectivity index (χ2v) is 5.64. The third-order valence-corrected chi connectivity index (χ3v) is 3.98. The molecule has 0 aliphatic carbocycles. The maximum Gasteiger partial charge on any atom is 0.130 e. The van der Waals surface area contributed by atoms with Crippen molar-refractivity contribution < 1.29 is 0 Å². The Hall–Kier alpha value is -1.52. The Balaban J connectivity index is 2.24. The van der Waals surface area contributed by atoms with Crippen molar-refractivity contribution in [2.45, 2.75) is 19.4 Å². The van der Waals surface area contributed by atoms with Gasteiger partial charge in [-0.1, -0.05) is 23.7 Å². The lowest BCUT2D eigenvalue weighted by molar-refractivity contribution is 0.718. The van der Waals surface area contributed by atoms with Gasteiger partial charge in [0.25, 0.3) is 0 Å². The molecule has 2 aromatic rings. The molecule has 20 heavy (non-hydrogen) atoms. The van der Waals surface area contributed by atoms with E-state index in [9.17, 15) is 0 Å². The molecule has 2 N–H and O–H groups in total. The Bertz CT molecular complexity index is 604. The van der Waals surface area contributed by atoms with Crippen molar-refractivity contribution in [1.82, 2.24) is 9.78 Å². The highest BCUT2D eigenvalue weighted by molar-refractivity contribution is 6.30. The maximum atomic E-state index is 6.33. The summed E-state index contributed by atoms with van der Waals surface area (Å²) in [5.41, 5.74) is 10.5. The first kappa shape index (κ1) is 14.9. The van der Waals surface area contributed by atoms with E-state index in [1.807, 2.05) is 34.1 Å². The number of hydrogen-bond acceptors (Lipinski definition) is 3. The van der Waals surface area contributed by atoms with Gasteiger partial charge in [-0.2, -0.15) is 5.10 Å². The predicted octanol–water partition coefficient (Wildman–Crippen LogP) is 2.69. The third kappa shape index (κ3) is 2.97. The maximum absolute atomic E-state index is 6.33. The normalized spacial score (nSPS) is 12.5. The Kier molecular flexibility index (Phi) is 4.35. The van der Waals surface area contributed by atoms with Gasteiger partial charge in [0.05, 0.1) is 5.69 Å². The minimum Gasteiger partial charge on any atom is -0.378 e. The second-order valence-electron chi connectivity index (χ2n) is 5.28. The van der Waals surface area contributed by atoms with Crippen molar-refractivity contribution in [3.05, 3.63) is 46.2 Å². The molecule has 2 rings (SSSR count). The van der Waals surface area contributed by atoms with Crippen LogP contribution in [0.3, 0.4) is 0 Å². The molecule has 1 aromatic heterocycles. The number of aromatic nitrogens is 2. The molecule has 1 unspecified atom stereocenters. The Morgan fingerprint density at radius 3 is 2.65 bits per heavy atom. The number of anilines is 1. The fourth-order valence-electron chi connectivity index (χ4n) is 2.28. The summed E-state index contributed by atoms with van der Waals surface area (Å²) >= 11 is 6.26. The fraction of sp³-hybridized carbons (Fsp3) is 0.400. The zero-order valence-corrected chi connectivity index (χ0v) is 13.1. The molecule has 0 amide bonds. The van der Waals surface area contributed by atoms with Gasteiger partial charge in [-0.3, -0.25) is 4.68 Å². The van der Waals surface area contributed by atoms with Gasteiger partial charge in [0.2, 0.25) is 0 Å². The van der Waals surface area contributed by atoms with Crippen LogP contribution in [0.5, 0.6) is 0 Å². The summed E-state index contributed by atoms with van der Waals surface area (Å²) < 4.78 is 1.69. The van der Waals surface area contributed by atoms with Crippen LogP contribution in [0.1, 0.15) is 22.9 Å². The molecule has 0 saturated carbocycles. The van der Waals surface area contributed by atoms with Crippen LogP contribution >= 0.6 is 11.6 Å².